The van der Waals surface area contributed by atoms with Crippen LogP contribution in [-0.2, 0) is 12.3 Å². The first-order chi connectivity index (χ1) is 6.83. The highest BCUT2D eigenvalue weighted by Crippen LogP contribution is 2.27. The zero-order chi connectivity index (χ0) is 10.4. The van der Waals surface area contributed by atoms with Crippen LogP contribution in [-0.4, -0.2) is 11.6 Å². The number of halogens is 2. The topological polar surface area (TPSA) is 0 Å². The van der Waals surface area contributed by atoms with E-state index in [4.69, 9.17) is 11.6 Å². The Hall–Kier alpha value is 0.340. The Bertz CT molecular complexity index is 289. The molecule has 0 unspecified atom stereocenters. The average molecular weight is 294 g/mol. The quantitative estimate of drug-likeness (QED) is 0.570. The Balaban J connectivity index is 2.90. The highest BCUT2D eigenvalue weighted by molar-refractivity contribution is 9.09. The van der Waals surface area contributed by atoms with Crippen molar-refractivity contribution < 1.29 is 0 Å². The van der Waals surface area contributed by atoms with Gasteiger partial charge < -0.3 is 0 Å². The number of aryl methyl sites for hydroxylation is 1. The molecule has 0 aliphatic rings. The lowest BCUT2D eigenvalue weighted by molar-refractivity contribution is 0.910. The van der Waals surface area contributed by atoms with Crippen LogP contribution in [0.3, 0.4) is 0 Å². The van der Waals surface area contributed by atoms with Gasteiger partial charge in [0.05, 0.1) is 0 Å². The maximum atomic E-state index is 5.89. The second-order valence-electron chi connectivity index (χ2n) is 3.04. The molecular weight excluding hydrogens is 280 g/mol. The molecule has 0 nitrogen and oxygen atoms in total. The predicted molar refractivity (Wildman–Crippen MR) is 69.9 cm³/mol. The molecule has 0 N–H and O–H groups in total. The Morgan fingerprint density at radius 2 is 2.07 bits per heavy atom. The first kappa shape index (κ1) is 12.4. The number of benzene rings is 1. The molecule has 0 amide bonds. The van der Waals surface area contributed by atoms with Gasteiger partial charge in [0, 0.05) is 16.1 Å². The van der Waals surface area contributed by atoms with E-state index in [9.17, 15) is 0 Å². The summed E-state index contributed by atoms with van der Waals surface area (Å²) in [6.07, 6.45) is 4.43. The second kappa shape index (κ2) is 6.76. The predicted octanol–water partition coefficient (Wildman–Crippen LogP) is 4.47. The van der Waals surface area contributed by atoms with E-state index in [0.29, 0.717) is 5.88 Å². The SMILES string of the molecule is CSc1c(CCl)cccc1CCCBr. The Morgan fingerprint density at radius 3 is 2.64 bits per heavy atom. The molecule has 3 heteroatoms. The van der Waals surface area contributed by atoms with Crippen molar-refractivity contribution in [1.82, 2.24) is 0 Å². The summed E-state index contributed by atoms with van der Waals surface area (Å²) in [7, 11) is 0. The van der Waals surface area contributed by atoms with Gasteiger partial charge in [0.2, 0.25) is 0 Å². The number of hydrogen-bond acceptors (Lipinski definition) is 1. The molecule has 0 aliphatic carbocycles. The summed E-state index contributed by atoms with van der Waals surface area (Å²) in [5, 5.41) is 1.06. The molecule has 0 atom stereocenters. The maximum Gasteiger partial charge on any atom is 0.0485 e. The molecule has 0 radical (unpaired) electrons. The molecular formula is C11H14BrClS. The largest absolute Gasteiger partial charge is 0.129 e. The van der Waals surface area contributed by atoms with Gasteiger partial charge in [-0.1, -0.05) is 34.1 Å². The third-order valence-corrected chi connectivity index (χ3v) is 3.89. The summed E-state index contributed by atoms with van der Waals surface area (Å²) < 4.78 is 0. The van der Waals surface area contributed by atoms with Crippen molar-refractivity contribution in [2.75, 3.05) is 11.6 Å². The lowest BCUT2D eigenvalue weighted by Gasteiger charge is -2.10. The van der Waals surface area contributed by atoms with Gasteiger partial charge >= 0.3 is 0 Å². The molecule has 1 aromatic carbocycles. The van der Waals surface area contributed by atoms with Crippen molar-refractivity contribution in [3.8, 4) is 0 Å². The summed E-state index contributed by atoms with van der Waals surface area (Å²) >= 11 is 11.1. The molecule has 0 aliphatic heterocycles. The molecule has 0 saturated carbocycles. The highest BCUT2D eigenvalue weighted by Gasteiger charge is 2.05. The van der Waals surface area contributed by atoms with Gasteiger partial charge in [-0.05, 0) is 30.2 Å². The van der Waals surface area contributed by atoms with E-state index < -0.39 is 0 Å². The van der Waals surface area contributed by atoms with Gasteiger partial charge in [-0.15, -0.1) is 23.4 Å². The number of rotatable bonds is 5. The van der Waals surface area contributed by atoms with Gasteiger partial charge in [-0.3, -0.25) is 0 Å². The molecule has 1 aromatic rings. The van der Waals surface area contributed by atoms with Crippen LogP contribution in [0, 0.1) is 0 Å². The smallest absolute Gasteiger partial charge is 0.0485 e. The fraction of sp³-hybridized carbons (Fsp3) is 0.455. The van der Waals surface area contributed by atoms with E-state index in [1.807, 2.05) is 0 Å². The summed E-state index contributed by atoms with van der Waals surface area (Å²) in [5.41, 5.74) is 2.68. The second-order valence-corrected chi connectivity index (χ2v) is 4.91. The molecule has 14 heavy (non-hydrogen) atoms. The van der Waals surface area contributed by atoms with E-state index in [1.165, 1.54) is 22.4 Å². The van der Waals surface area contributed by atoms with Crippen LogP contribution in [0.15, 0.2) is 23.1 Å². The molecule has 0 spiro atoms. The van der Waals surface area contributed by atoms with E-state index >= 15 is 0 Å². The molecule has 0 fully saturated rings. The average Bonchev–Trinajstić information content (AvgIpc) is 2.25. The van der Waals surface area contributed by atoms with Crippen LogP contribution < -0.4 is 0 Å². The third kappa shape index (κ3) is 3.18. The Morgan fingerprint density at radius 1 is 1.36 bits per heavy atom. The van der Waals surface area contributed by atoms with Gasteiger partial charge in [-0.2, -0.15) is 0 Å². The summed E-state index contributed by atoms with van der Waals surface area (Å²) in [4.78, 5) is 1.36. The van der Waals surface area contributed by atoms with Crippen LogP contribution >= 0.6 is 39.3 Å². The molecule has 0 heterocycles. The minimum Gasteiger partial charge on any atom is -0.129 e. The Kier molecular flexibility index (Phi) is 5.99. The van der Waals surface area contributed by atoms with Crippen LogP contribution in [0.25, 0.3) is 0 Å². The number of alkyl halides is 2. The molecule has 0 bridgehead atoms. The van der Waals surface area contributed by atoms with Crippen molar-refractivity contribution in [3.05, 3.63) is 29.3 Å². The summed E-state index contributed by atoms with van der Waals surface area (Å²) in [6.45, 7) is 0. The zero-order valence-electron chi connectivity index (χ0n) is 8.22. The first-order valence-electron chi connectivity index (χ1n) is 4.60. The van der Waals surface area contributed by atoms with Crippen molar-refractivity contribution in [2.45, 2.75) is 23.6 Å². The molecule has 0 saturated heterocycles. The minimum absolute atomic E-state index is 0.609. The van der Waals surface area contributed by atoms with E-state index in [0.717, 1.165) is 11.8 Å². The normalized spacial score (nSPS) is 10.5. The van der Waals surface area contributed by atoms with Gasteiger partial charge in [0.25, 0.3) is 0 Å². The van der Waals surface area contributed by atoms with Crippen molar-refractivity contribution in [2.24, 2.45) is 0 Å². The van der Waals surface area contributed by atoms with Crippen LogP contribution in [0.5, 0.6) is 0 Å². The fourth-order valence-electron chi connectivity index (χ4n) is 1.46. The standard InChI is InChI=1S/C11H14BrClS/c1-14-11-9(6-3-7-12)4-2-5-10(11)8-13/h2,4-5H,3,6-8H2,1H3. The number of thioether (sulfide) groups is 1. The van der Waals surface area contributed by atoms with Crippen LogP contribution in [0.2, 0.25) is 0 Å². The van der Waals surface area contributed by atoms with E-state index in [2.05, 4.69) is 40.4 Å². The van der Waals surface area contributed by atoms with Gasteiger partial charge in [-0.25, -0.2) is 0 Å². The molecule has 0 aromatic heterocycles. The zero-order valence-corrected chi connectivity index (χ0v) is 11.4. The summed E-state index contributed by atoms with van der Waals surface area (Å²) in [5.74, 6) is 0.609. The van der Waals surface area contributed by atoms with Crippen molar-refractivity contribution in [1.29, 1.82) is 0 Å². The number of hydrogen-bond donors (Lipinski definition) is 0. The molecule has 78 valence electrons. The van der Waals surface area contributed by atoms with Crippen LogP contribution in [0.1, 0.15) is 17.5 Å². The maximum absolute atomic E-state index is 5.89. The van der Waals surface area contributed by atoms with Crippen LogP contribution in [0.4, 0.5) is 0 Å². The Labute approximate surface area is 104 Å². The van der Waals surface area contributed by atoms with E-state index in [1.54, 1.807) is 11.8 Å². The monoisotopic (exact) mass is 292 g/mol. The van der Waals surface area contributed by atoms with E-state index in [-0.39, 0.29) is 0 Å². The third-order valence-electron chi connectivity index (χ3n) is 2.11. The van der Waals surface area contributed by atoms with Gasteiger partial charge in [0.1, 0.15) is 0 Å². The van der Waals surface area contributed by atoms with Gasteiger partial charge in [0.15, 0.2) is 0 Å². The molecule has 1 rings (SSSR count). The fourth-order valence-corrected chi connectivity index (χ4v) is 2.88. The lowest BCUT2D eigenvalue weighted by Crippen LogP contribution is -1.93. The van der Waals surface area contributed by atoms with Crippen molar-refractivity contribution in [3.63, 3.8) is 0 Å². The highest BCUT2D eigenvalue weighted by atomic mass is 79.9. The minimum atomic E-state index is 0.609. The summed E-state index contributed by atoms with van der Waals surface area (Å²) in [6, 6.07) is 6.40. The lowest BCUT2D eigenvalue weighted by atomic mass is 10.1. The van der Waals surface area contributed by atoms with Crippen molar-refractivity contribution >= 4 is 39.3 Å². The first-order valence-corrected chi connectivity index (χ1v) is 7.48.